The van der Waals surface area contributed by atoms with Crippen LogP contribution in [0.2, 0.25) is 0 Å². The molecule has 0 aromatic heterocycles. The first-order chi connectivity index (χ1) is 18.4. The largest absolute Gasteiger partial charge is 0.489 e. The van der Waals surface area contributed by atoms with Crippen LogP contribution < -0.4 is 15.4 Å². The number of aliphatic carboxylic acids is 1. The van der Waals surface area contributed by atoms with Gasteiger partial charge in [-0.3, -0.25) is 9.59 Å². The summed E-state index contributed by atoms with van der Waals surface area (Å²) in [7, 11) is 0. The van der Waals surface area contributed by atoms with Gasteiger partial charge in [-0.2, -0.15) is 0 Å². The summed E-state index contributed by atoms with van der Waals surface area (Å²) in [4.78, 5) is 23.6. The van der Waals surface area contributed by atoms with Crippen LogP contribution in [0.4, 0.5) is 0 Å². The maximum Gasteiger partial charge on any atom is 0.322 e. The van der Waals surface area contributed by atoms with E-state index in [1.807, 2.05) is 37.3 Å². The lowest BCUT2D eigenvalue weighted by molar-refractivity contribution is -0.135. The lowest BCUT2D eigenvalue weighted by Gasteiger charge is -2.33. The number of carboxylic acids is 1. The van der Waals surface area contributed by atoms with E-state index in [9.17, 15) is 9.59 Å². The van der Waals surface area contributed by atoms with E-state index in [1.165, 1.54) is 16.3 Å². The van der Waals surface area contributed by atoms with Gasteiger partial charge in [-0.1, -0.05) is 72.8 Å². The third-order valence-corrected chi connectivity index (χ3v) is 7.34. The summed E-state index contributed by atoms with van der Waals surface area (Å²) in [5, 5.41) is 17.6. The molecule has 0 saturated carbocycles. The topological polar surface area (TPSA) is 87.7 Å². The summed E-state index contributed by atoms with van der Waals surface area (Å²) in [6, 6.07) is 28.9. The SMILES string of the molecule is Cc1ccc([C@@H]2C[C@H](CN[C@H](C)c3cccc4ccccc34)Oc3ccccc32)cc1C(=O)NCC(=O)O. The van der Waals surface area contributed by atoms with Gasteiger partial charge in [0.2, 0.25) is 0 Å². The van der Waals surface area contributed by atoms with Gasteiger partial charge in [0.1, 0.15) is 18.4 Å². The fourth-order valence-electron chi connectivity index (χ4n) is 5.33. The molecule has 0 fully saturated rings. The molecule has 3 atom stereocenters. The molecule has 1 aliphatic heterocycles. The monoisotopic (exact) mass is 508 g/mol. The van der Waals surface area contributed by atoms with Crippen molar-refractivity contribution in [3.8, 4) is 5.75 Å². The first-order valence-electron chi connectivity index (χ1n) is 13.0. The molecule has 6 heteroatoms. The Labute approximate surface area is 222 Å². The van der Waals surface area contributed by atoms with Gasteiger partial charge in [-0.25, -0.2) is 0 Å². The lowest BCUT2D eigenvalue weighted by atomic mass is 9.83. The highest BCUT2D eigenvalue weighted by Gasteiger charge is 2.30. The Hall–Kier alpha value is -4.16. The Morgan fingerprint density at radius 3 is 2.61 bits per heavy atom. The second-order valence-corrected chi connectivity index (χ2v) is 9.92. The Morgan fingerprint density at radius 1 is 1.00 bits per heavy atom. The standard InChI is InChI=1S/C32H32N2O4/c1-20-14-15-23(16-28(20)32(37)34-19-31(35)36)29-17-24(38-30-13-6-5-11-27(29)30)18-33-21(2)25-12-7-9-22-8-3-4-10-26(22)25/h3-16,21,24,29,33H,17-19H2,1-2H3,(H,34,37)(H,35,36)/t21-,24-,29+/m1/s1. The van der Waals surface area contributed by atoms with E-state index in [-0.39, 0.29) is 24.0 Å². The van der Waals surface area contributed by atoms with E-state index in [4.69, 9.17) is 9.84 Å². The van der Waals surface area contributed by atoms with Gasteiger partial charge in [0, 0.05) is 29.6 Å². The average molecular weight is 509 g/mol. The summed E-state index contributed by atoms with van der Waals surface area (Å²) in [6.45, 7) is 4.30. The van der Waals surface area contributed by atoms with Crippen molar-refractivity contribution in [3.63, 3.8) is 0 Å². The number of rotatable bonds is 8. The lowest BCUT2D eigenvalue weighted by Crippen LogP contribution is -2.37. The molecule has 38 heavy (non-hydrogen) atoms. The smallest absolute Gasteiger partial charge is 0.322 e. The van der Waals surface area contributed by atoms with Gasteiger partial charge in [-0.15, -0.1) is 0 Å². The summed E-state index contributed by atoms with van der Waals surface area (Å²) in [5.41, 5.74) is 4.66. The van der Waals surface area contributed by atoms with E-state index in [0.29, 0.717) is 12.1 Å². The number of nitrogens with one attached hydrogen (secondary N) is 2. The van der Waals surface area contributed by atoms with E-state index < -0.39 is 12.5 Å². The number of fused-ring (bicyclic) bond motifs is 2. The zero-order valence-electron chi connectivity index (χ0n) is 21.6. The van der Waals surface area contributed by atoms with Gasteiger partial charge >= 0.3 is 5.97 Å². The van der Waals surface area contributed by atoms with Crippen LogP contribution in [0.25, 0.3) is 10.8 Å². The van der Waals surface area contributed by atoms with Gasteiger partial charge in [0.15, 0.2) is 0 Å². The van der Waals surface area contributed by atoms with Crippen LogP contribution in [0.5, 0.6) is 5.75 Å². The third-order valence-electron chi connectivity index (χ3n) is 7.34. The van der Waals surface area contributed by atoms with Gasteiger partial charge in [0.25, 0.3) is 5.91 Å². The van der Waals surface area contributed by atoms with Crippen LogP contribution >= 0.6 is 0 Å². The number of carbonyl (C=O) groups is 2. The summed E-state index contributed by atoms with van der Waals surface area (Å²) < 4.78 is 6.42. The van der Waals surface area contributed by atoms with Crippen molar-refractivity contribution in [2.45, 2.75) is 38.3 Å². The van der Waals surface area contributed by atoms with Crippen LogP contribution in [0.3, 0.4) is 0 Å². The number of hydrogen-bond donors (Lipinski definition) is 3. The van der Waals surface area contributed by atoms with Crippen molar-refractivity contribution >= 4 is 22.6 Å². The van der Waals surface area contributed by atoms with Crippen molar-refractivity contribution in [1.82, 2.24) is 10.6 Å². The molecule has 4 aromatic rings. The highest BCUT2D eigenvalue weighted by molar-refractivity contribution is 5.97. The first-order valence-corrected chi connectivity index (χ1v) is 13.0. The van der Waals surface area contributed by atoms with Gasteiger partial charge < -0.3 is 20.5 Å². The summed E-state index contributed by atoms with van der Waals surface area (Å²) in [6.07, 6.45) is 0.698. The van der Waals surface area contributed by atoms with Crippen LogP contribution in [-0.4, -0.2) is 36.2 Å². The predicted molar refractivity (Wildman–Crippen MR) is 149 cm³/mol. The van der Waals surface area contributed by atoms with Crippen LogP contribution in [0.15, 0.2) is 84.9 Å². The maximum absolute atomic E-state index is 12.7. The number of para-hydroxylation sites is 1. The first kappa shape index (κ1) is 25.5. The molecule has 1 heterocycles. The molecule has 6 nitrogen and oxygen atoms in total. The minimum absolute atomic E-state index is 0.0474. The molecule has 194 valence electrons. The molecule has 4 aromatic carbocycles. The summed E-state index contributed by atoms with van der Waals surface area (Å²) in [5.74, 6) is -0.551. The van der Waals surface area contributed by atoms with E-state index >= 15 is 0 Å². The predicted octanol–water partition coefficient (Wildman–Crippen LogP) is 5.60. The average Bonchev–Trinajstić information content (AvgIpc) is 2.94. The Kier molecular flexibility index (Phi) is 7.43. The molecule has 0 unspecified atom stereocenters. The Balaban J connectivity index is 1.37. The fraction of sp³-hybridized carbons (Fsp3) is 0.250. The van der Waals surface area contributed by atoms with Crippen LogP contribution in [0, 0.1) is 6.92 Å². The van der Waals surface area contributed by atoms with E-state index in [2.05, 4.69) is 72.2 Å². The molecule has 0 bridgehead atoms. The zero-order valence-corrected chi connectivity index (χ0v) is 21.6. The molecule has 0 saturated heterocycles. The second kappa shape index (κ2) is 11.1. The number of aryl methyl sites for hydroxylation is 1. The van der Waals surface area contributed by atoms with Crippen molar-refractivity contribution < 1.29 is 19.4 Å². The maximum atomic E-state index is 12.7. The minimum atomic E-state index is -1.07. The number of benzene rings is 4. The van der Waals surface area contributed by atoms with Gasteiger partial charge in [0.05, 0.1) is 0 Å². The van der Waals surface area contributed by atoms with E-state index in [0.717, 1.165) is 28.9 Å². The van der Waals surface area contributed by atoms with Crippen molar-refractivity contribution in [1.29, 1.82) is 0 Å². The quantitative estimate of drug-likeness (QED) is 0.289. The van der Waals surface area contributed by atoms with Crippen LogP contribution in [0.1, 0.15) is 57.9 Å². The fourth-order valence-corrected chi connectivity index (χ4v) is 5.33. The number of ether oxygens (including phenoxy) is 1. The Morgan fingerprint density at radius 2 is 1.76 bits per heavy atom. The van der Waals surface area contributed by atoms with Gasteiger partial charge in [-0.05, 0) is 59.9 Å². The molecule has 0 radical (unpaired) electrons. The Bertz CT molecular complexity index is 1480. The molecule has 0 aliphatic carbocycles. The number of hydrogen-bond acceptors (Lipinski definition) is 4. The molecule has 1 aliphatic rings. The third kappa shape index (κ3) is 5.41. The van der Waals surface area contributed by atoms with Crippen molar-refractivity contribution in [3.05, 3.63) is 113 Å². The molecule has 1 amide bonds. The number of carbonyl (C=O) groups excluding carboxylic acids is 1. The molecule has 5 rings (SSSR count). The minimum Gasteiger partial charge on any atom is -0.489 e. The van der Waals surface area contributed by atoms with Crippen molar-refractivity contribution in [2.24, 2.45) is 0 Å². The molecular formula is C32H32N2O4. The zero-order chi connectivity index (χ0) is 26.6. The number of amides is 1. The normalized spacial score (nSPS) is 17.3. The van der Waals surface area contributed by atoms with E-state index in [1.54, 1.807) is 0 Å². The second-order valence-electron chi connectivity index (χ2n) is 9.92. The highest BCUT2D eigenvalue weighted by atomic mass is 16.5. The summed E-state index contributed by atoms with van der Waals surface area (Å²) >= 11 is 0. The number of carboxylic acid groups (broad SMARTS) is 1. The van der Waals surface area contributed by atoms with Crippen LogP contribution in [-0.2, 0) is 4.79 Å². The molecule has 3 N–H and O–H groups in total. The van der Waals surface area contributed by atoms with Crippen molar-refractivity contribution in [2.75, 3.05) is 13.1 Å². The molecule has 0 spiro atoms. The molecular weight excluding hydrogens is 476 g/mol. The highest BCUT2D eigenvalue weighted by Crippen LogP contribution is 2.41.